The Hall–Kier alpha value is -2.75. The molecule has 0 radical (unpaired) electrons. The first-order chi connectivity index (χ1) is 15.6. The lowest BCUT2D eigenvalue weighted by Gasteiger charge is -2.11. The fourth-order valence-corrected chi connectivity index (χ4v) is 3.03. The monoisotopic (exact) mass is 438 g/mol. The maximum absolute atomic E-state index is 12.4. The highest BCUT2D eigenvalue weighted by atomic mass is 16.5. The smallest absolute Gasteiger partial charge is 0.343 e. The molecular formula is C28H38O4. The molecule has 0 heterocycles. The molecule has 0 aliphatic carbocycles. The van der Waals surface area contributed by atoms with Gasteiger partial charge in [-0.3, -0.25) is 0 Å². The van der Waals surface area contributed by atoms with Crippen LogP contribution in [0.4, 0.5) is 0 Å². The Kier molecular flexibility index (Phi) is 12.1. The Balaban J connectivity index is 1.71. The van der Waals surface area contributed by atoms with Crippen molar-refractivity contribution in [3.8, 4) is 17.2 Å². The molecule has 0 saturated carbocycles. The number of benzene rings is 2. The van der Waals surface area contributed by atoms with E-state index in [1.54, 1.807) is 42.7 Å². The van der Waals surface area contributed by atoms with Crippen molar-refractivity contribution in [2.45, 2.75) is 72.1 Å². The zero-order valence-electron chi connectivity index (χ0n) is 19.8. The summed E-state index contributed by atoms with van der Waals surface area (Å²) in [6.45, 7) is 7.21. The van der Waals surface area contributed by atoms with Crippen molar-refractivity contribution in [1.29, 1.82) is 0 Å². The van der Waals surface area contributed by atoms with Crippen LogP contribution in [-0.2, 0) is 0 Å². The van der Waals surface area contributed by atoms with Crippen LogP contribution in [0.2, 0.25) is 0 Å². The van der Waals surface area contributed by atoms with Crippen molar-refractivity contribution < 1.29 is 19.0 Å². The third-order valence-electron chi connectivity index (χ3n) is 5.38. The summed E-state index contributed by atoms with van der Waals surface area (Å²) in [4.78, 5) is 12.4. The fourth-order valence-electron chi connectivity index (χ4n) is 3.03. The number of allylic oxidation sites excluding steroid dienone is 1. The van der Waals surface area contributed by atoms with E-state index in [1.165, 1.54) is 38.5 Å². The number of hydrogen-bond acceptors (Lipinski definition) is 4. The molecule has 0 spiro atoms. The Bertz CT molecular complexity index is 793. The van der Waals surface area contributed by atoms with Crippen LogP contribution in [0.5, 0.6) is 17.2 Å². The van der Waals surface area contributed by atoms with Crippen LogP contribution in [0.1, 0.15) is 82.5 Å². The van der Waals surface area contributed by atoms with Crippen molar-refractivity contribution in [3.05, 3.63) is 66.4 Å². The topological polar surface area (TPSA) is 44.8 Å². The van der Waals surface area contributed by atoms with E-state index in [4.69, 9.17) is 14.2 Å². The largest absolute Gasteiger partial charge is 0.493 e. The molecule has 32 heavy (non-hydrogen) atoms. The van der Waals surface area contributed by atoms with Crippen LogP contribution >= 0.6 is 0 Å². The summed E-state index contributed by atoms with van der Waals surface area (Å²) in [7, 11) is 0. The van der Waals surface area contributed by atoms with Crippen molar-refractivity contribution in [1.82, 2.24) is 0 Å². The van der Waals surface area contributed by atoms with E-state index in [0.29, 0.717) is 29.6 Å². The predicted molar refractivity (Wildman–Crippen MR) is 131 cm³/mol. The molecule has 0 unspecified atom stereocenters. The summed E-state index contributed by atoms with van der Waals surface area (Å²) in [5, 5.41) is 0. The van der Waals surface area contributed by atoms with Gasteiger partial charge in [-0.2, -0.15) is 0 Å². The molecule has 2 aromatic carbocycles. The van der Waals surface area contributed by atoms with E-state index in [9.17, 15) is 4.79 Å². The number of carbonyl (C=O) groups excluding carboxylic acids is 1. The Morgan fingerprint density at radius 2 is 1.47 bits per heavy atom. The van der Waals surface area contributed by atoms with Gasteiger partial charge in [-0.05, 0) is 73.4 Å². The molecule has 0 bridgehead atoms. The van der Waals surface area contributed by atoms with E-state index < -0.39 is 5.97 Å². The molecule has 2 aromatic rings. The van der Waals surface area contributed by atoms with Gasteiger partial charge < -0.3 is 14.2 Å². The van der Waals surface area contributed by atoms with Crippen LogP contribution in [0.3, 0.4) is 0 Å². The summed E-state index contributed by atoms with van der Waals surface area (Å²) in [5.41, 5.74) is 0.477. The third kappa shape index (κ3) is 10.0. The molecule has 174 valence electrons. The standard InChI is InChI=1S/C28H38O4/c1-4-6-7-8-9-10-11-12-21-30-25-15-13-24(14-16-25)28(29)32-27-19-17-26(18-20-27)31-22-23(3)5-2/h12-21,23H,4-11,22H2,1-3H3/b21-12+/t23-/m0/s1. The number of unbranched alkanes of at least 4 members (excludes halogenated alkanes) is 6. The molecule has 4 heteroatoms. The quantitative estimate of drug-likeness (QED) is 0.122. The summed E-state index contributed by atoms with van der Waals surface area (Å²) < 4.78 is 16.8. The molecule has 0 N–H and O–H groups in total. The Labute approximate surface area is 193 Å². The van der Waals surface area contributed by atoms with Crippen molar-refractivity contribution in [2.24, 2.45) is 5.92 Å². The minimum atomic E-state index is -0.400. The minimum Gasteiger partial charge on any atom is -0.493 e. The van der Waals surface area contributed by atoms with Gasteiger partial charge in [0.05, 0.1) is 18.4 Å². The minimum absolute atomic E-state index is 0.400. The van der Waals surface area contributed by atoms with Gasteiger partial charge in [-0.1, -0.05) is 59.3 Å². The number of ether oxygens (including phenoxy) is 3. The number of esters is 1. The van der Waals surface area contributed by atoms with Crippen LogP contribution in [0.25, 0.3) is 0 Å². The van der Waals surface area contributed by atoms with Gasteiger partial charge in [0.25, 0.3) is 0 Å². The van der Waals surface area contributed by atoms with Crippen molar-refractivity contribution in [2.75, 3.05) is 6.61 Å². The highest BCUT2D eigenvalue weighted by Crippen LogP contribution is 2.20. The second kappa shape index (κ2) is 15.1. The molecule has 1 atom stereocenters. The Morgan fingerprint density at radius 1 is 0.844 bits per heavy atom. The summed E-state index contributed by atoms with van der Waals surface area (Å²) in [6, 6.07) is 14.1. The second-order valence-electron chi connectivity index (χ2n) is 8.26. The Morgan fingerprint density at radius 3 is 2.16 bits per heavy atom. The van der Waals surface area contributed by atoms with Crippen LogP contribution in [0.15, 0.2) is 60.9 Å². The maximum atomic E-state index is 12.4. The maximum Gasteiger partial charge on any atom is 0.343 e. The first-order valence-corrected chi connectivity index (χ1v) is 12.0. The van der Waals surface area contributed by atoms with Crippen LogP contribution in [0, 0.1) is 5.92 Å². The summed E-state index contributed by atoms with van der Waals surface area (Å²) >= 11 is 0. The van der Waals surface area contributed by atoms with E-state index in [-0.39, 0.29) is 0 Å². The molecular weight excluding hydrogens is 400 g/mol. The third-order valence-corrected chi connectivity index (χ3v) is 5.38. The number of hydrogen-bond donors (Lipinski definition) is 0. The van der Waals surface area contributed by atoms with E-state index in [1.807, 2.05) is 12.1 Å². The zero-order chi connectivity index (χ0) is 23.0. The zero-order valence-corrected chi connectivity index (χ0v) is 19.8. The highest BCUT2D eigenvalue weighted by molar-refractivity contribution is 5.91. The second-order valence-corrected chi connectivity index (χ2v) is 8.26. The van der Waals surface area contributed by atoms with Gasteiger partial charge in [0.15, 0.2) is 0 Å². The van der Waals surface area contributed by atoms with Crippen LogP contribution in [-0.4, -0.2) is 12.6 Å². The first kappa shape index (κ1) is 25.5. The average molecular weight is 439 g/mol. The van der Waals surface area contributed by atoms with E-state index >= 15 is 0 Å². The van der Waals surface area contributed by atoms with Crippen LogP contribution < -0.4 is 14.2 Å². The summed E-state index contributed by atoms with van der Waals surface area (Å²) in [6.07, 6.45) is 13.6. The van der Waals surface area contributed by atoms with Crippen molar-refractivity contribution in [3.63, 3.8) is 0 Å². The van der Waals surface area contributed by atoms with Gasteiger partial charge in [-0.25, -0.2) is 4.79 Å². The highest BCUT2D eigenvalue weighted by Gasteiger charge is 2.09. The number of rotatable bonds is 15. The first-order valence-electron chi connectivity index (χ1n) is 12.0. The van der Waals surface area contributed by atoms with E-state index in [0.717, 1.165) is 18.6 Å². The predicted octanol–water partition coefficient (Wildman–Crippen LogP) is 7.97. The molecule has 0 amide bonds. The molecule has 0 aliphatic rings. The van der Waals surface area contributed by atoms with Gasteiger partial charge in [-0.15, -0.1) is 0 Å². The molecule has 0 aliphatic heterocycles. The SMILES string of the molecule is CCCCCCCC/C=C/Oc1ccc(C(=O)Oc2ccc(OC[C@@H](C)CC)cc2)cc1. The van der Waals surface area contributed by atoms with Gasteiger partial charge >= 0.3 is 5.97 Å². The van der Waals surface area contributed by atoms with Crippen molar-refractivity contribution >= 4 is 5.97 Å². The van der Waals surface area contributed by atoms with Gasteiger partial charge in [0.1, 0.15) is 17.2 Å². The van der Waals surface area contributed by atoms with E-state index in [2.05, 4.69) is 26.8 Å². The number of carbonyl (C=O) groups is 1. The molecule has 4 nitrogen and oxygen atoms in total. The van der Waals surface area contributed by atoms with Gasteiger partial charge in [0, 0.05) is 0 Å². The lowest BCUT2D eigenvalue weighted by atomic mass is 10.1. The molecule has 0 saturated heterocycles. The lowest BCUT2D eigenvalue weighted by Crippen LogP contribution is -2.09. The molecule has 0 fully saturated rings. The normalized spacial score (nSPS) is 12.0. The lowest BCUT2D eigenvalue weighted by molar-refractivity contribution is 0.0734. The molecule has 2 rings (SSSR count). The fraction of sp³-hybridized carbons (Fsp3) is 0.464. The van der Waals surface area contributed by atoms with Gasteiger partial charge in [0.2, 0.25) is 0 Å². The average Bonchev–Trinajstić information content (AvgIpc) is 2.82. The molecule has 0 aromatic heterocycles. The summed E-state index contributed by atoms with van der Waals surface area (Å²) in [5.74, 6) is 2.07.